The SMILES string of the molecule is COC1CCC(CNC2CCCCCC2Oc2ccc3c(c2)CN(C2CCC(=O)NC2=O)C3=O)CC1. The lowest BCUT2D eigenvalue weighted by Gasteiger charge is -2.32. The Morgan fingerprint density at radius 1 is 1.00 bits per heavy atom. The topological polar surface area (TPSA) is 97.0 Å². The summed E-state index contributed by atoms with van der Waals surface area (Å²) in [6.45, 7) is 1.40. The molecule has 0 spiro atoms. The number of amides is 3. The van der Waals surface area contributed by atoms with Crippen LogP contribution in [0, 0.1) is 5.92 Å². The van der Waals surface area contributed by atoms with Gasteiger partial charge in [0.1, 0.15) is 17.9 Å². The third-order valence-corrected chi connectivity index (χ3v) is 8.53. The maximum absolute atomic E-state index is 13.0. The van der Waals surface area contributed by atoms with Gasteiger partial charge >= 0.3 is 0 Å². The van der Waals surface area contributed by atoms with Gasteiger partial charge in [0.15, 0.2) is 0 Å². The third-order valence-electron chi connectivity index (χ3n) is 8.53. The smallest absolute Gasteiger partial charge is 0.255 e. The molecule has 1 aromatic carbocycles. The highest BCUT2D eigenvalue weighted by Crippen LogP contribution is 2.32. The molecule has 2 N–H and O–H groups in total. The van der Waals surface area contributed by atoms with Gasteiger partial charge in [-0.3, -0.25) is 19.7 Å². The predicted molar refractivity (Wildman–Crippen MR) is 135 cm³/mol. The lowest BCUT2D eigenvalue weighted by Crippen LogP contribution is -2.52. The second-order valence-electron chi connectivity index (χ2n) is 10.9. The molecule has 2 aliphatic heterocycles. The first-order valence-electron chi connectivity index (χ1n) is 13.7. The van der Waals surface area contributed by atoms with Gasteiger partial charge in [-0.25, -0.2) is 0 Å². The minimum absolute atomic E-state index is 0.101. The fraction of sp³-hybridized carbons (Fsp3) is 0.679. The number of benzene rings is 1. The maximum Gasteiger partial charge on any atom is 0.255 e. The molecule has 0 aromatic heterocycles. The quantitative estimate of drug-likeness (QED) is 0.443. The Morgan fingerprint density at radius 3 is 2.58 bits per heavy atom. The number of fused-ring (bicyclic) bond motifs is 1. The van der Waals surface area contributed by atoms with E-state index in [1.54, 1.807) is 4.90 Å². The van der Waals surface area contributed by atoms with Gasteiger partial charge in [-0.1, -0.05) is 12.8 Å². The van der Waals surface area contributed by atoms with Crippen molar-refractivity contribution in [2.24, 2.45) is 5.92 Å². The van der Waals surface area contributed by atoms with E-state index >= 15 is 0 Å². The van der Waals surface area contributed by atoms with Crippen LogP contribution in [0.2, 0.25) is 0 Å². The van der Waals surface area contributed by atoms with Crippen LogP contribution in [0.15, 0.2) is 18.2 Å². The van der Waals surface area contributed by atoms with Gasteiger partial charge < -0.3 is 19.7 Å². The molecule has 3 fully saturated rings. The molecule has 8 nitrogen and oxygen atoms in total. The van der Waals surface area contributed by atoms with Crippen molar-refractivity contribution in [1.82, 2.24) is 15.5 Å². The highest BCUT2D eigenvalue weighted by molar-refractivity contribution is 6.05. The Kier molecular flexibility index (Phi) is 7.91. The van der Waals surface area contributed by atoms with Crippen LogP contribution in [0.1, 0.15) is 86.6 Å². The van der Waals surface area contributed by atoms with Crippen LogP contribution in [0.5, 0.6) is 5.75 Å². The van der Waals surface area contributed by atoms with Crippen molar-refractivity contribution in [3.63, 3.8) is 0 Å². The minimum Gasteiger partial charge on any atom is -0.489 e. The average molecular weight is 498 g/mol. The summed E-state index contributed by atoms with van der Waals surface area (Å²) in [5.41, 5.74) is 1.50. The first-order valence-corrected chi connectivity index (χ1v) is 13.7. The maximum atomic E-state index is 13.0. The zero-order valence-corrected chi connectivity index (χ0v) is 21.3. The fourth-order valence-electron chi connectivity index (χ4n) is 6.34. The van der Waals surface area contributed by atoms with Crippen LogP contribution in [-0.4, -0.2) is 60.6 Å². The van der Waals surface area contributed by atoms with Gasteiger partial charge in [-0.05, 0) is 87.6 Å². The highest BCUT2D eigenvalue weighted by atomic mass is 16.5. The predicted octanol–water partition coefficient (Wildman–Crippen LogP) is 3.32. The third kappa shape index (κ3) is 5.59. The lowest BCUT2D eigenvalue weighted by molar-refractivity contribution is -0.136. The van der Waals surface area contributed by atoms with Gasteiger partial charge in [0.2, 0.25) is 11.8 Å². The minimum atomic E-state index is -0.596. The average Bonchev–Trinajstić information content (AvgIpc) is 3.04. The van der Waals surface area contributed by atoms with Crippen LogP contribution in [0.25, 0.3) is 0 Å². The van der Waals surface area contributed by atoms with Crippen molar-refractivity contribution in [2.75, 3.05) is 13.7 Å². The molecule has 1 saturated heterocycles. The van der Waals surface area contributed by atoms with Crippen molar-refractivity contribution in [1.29, 1.82) is 0 Å². The molecule has 3 amide bonds. The molecular weight excluding hydrogens is 458 g/mol. The van der Waals surface area contributed by atoms with Crippen molar-refractivity contribution in [2.45, 2.75) is 101 Å². The van der Waals surface area contributed by atoms with E-state index in [-0.39, 0.29) is 30.2 Å². The van der Waals surface area contributed by atoms with Gasteiger partial charge in [-0.15, -0.1) is 0 Å². The number of nitrogens with zero attached hydrogens (tertiary/aromatic N) is 1. The van der Waals surface area contributed by atoms with E-state index in [2.05, 4.69) is 10.6 Å². The standard InChI is InChI=1S/C28H39N3O5/c1-35-20-9-7-18(8-10-20)16-29-23-5-3-2-4-6-25(23)36-21-11-12-22-19(15-21)17-31(28(22)34)24-13-14-26(32)30-27(24)33/h11-12,15,18,20,23-25,29H,2-10,13-14,16-17H2,1H3,(H,30,32,33). The van der Waals surface area contributed by atoms with Crippen LogP contribution < -0.4 is 15.4 Å². The van der Waals surface area contributed by atoms with Gasteiger partial charge in [0.05, 0.1) is 6.10 Å². The molecule has 0 bridgehead atoms. The van der Waals surface area contributed by atoms with E-state index in [0.717, 1.165) is 50.0 Å². The molecule has 0 radical (unpaired) electrons. The molecule has 8 heteroatoms. The number of piperidine rings is 1. The van der Waals surface area contributed by atoms with Crippen LogP contribution in [0.3, 0.4) is 0 Å². The van der Waals surface area contributed by atoms with E-state index < -0.39 is 6.04 Å². The summed E-state index contributed by atoms with van der Waals surface area (Å²) >= 11 is 0. The fourth-order valence-corrected chi connectivity index (χ4v) is 6.34. The zero-order chi connectivity index (χ0) is 25.1. The van der Waals surface area contributed by atoms with Crippen molar-refractivity contribution in [3.05, 3.63) is 29.3 Å². The summed E-state index contributed by atoms with van der Waals surface area (Å²) < 4.78 is 12.1. The van der Waals surface area contributed by atoms with E-state index in [4.69, 9.17) is 9.47 Å². The lowest BCUT2D eigenvalue weighted by atomic mass is 9.87. The number of methoxy groups -OCH3 is 1. The Balaban J connectivity index is 1.21. The molecule has 3 atom stereocenters. The number of rotatable bonds is 7. The van der Waals surface area contributed by atoms with Crippen LogP contribution in [-0.2, 0) is 20.9 Å². The molecule has 2 heterocycles. The summed E-state index contributed by atoms with van der Waals surface area (Å²) in [6.07, 6.45) is 11.6. The van der Waals surface area contributed by atoms with E-state index in [1.807, 2.05) is 25.3 Å². The Hall–Kier alpha value is -2.45. The summed E-state index contributed by atoms with van der Waals surface area (Å²) in [4.78, 5) is 38.4. The number of carbonyl (C=O) groups is 3. The molecule has 5 rings (SSSR count). The van der Waals surface area contributed by atoms with Crippen molar-refractivity contribution < 1.29 is 23.9 Å². The number of ether oxygens (including phenoxy) is 2. The summed E-state index contributed by atoms with van der Waals surface area (Å²) in [5.74, 6) is 0.677. The van der Waals surface area contributed by atoms with Gasteiger partial charge in [0, 0.05) is 31.7 Å². The molecule has 36 heavy (non-hydrogen) atoms. The molecule has 2 saturated carbocycles. The zero-order valence-electron chi connectivity index (χ0n) is 21.3. The van der Waals surface area contributed by atoms with E-state index in [0.29, 0.717) is 36.6 Å². The Morgan fingerprint density at radius 2 is 1.81 bits per heavy atom. The molecule has 3 unspecified atom stereocenters. The summed E-state index contributed by atoms with van der Waals surface area (Å²) in [6, 6.07) is 5.40. The first kappa shape index (κ1) is 25.2. The van der Waals surface area contributed by atoms with E-state index in [9.17, 15) is 14.4 Å². The summed E-state index contributed by atoms with van der Waals surface area (Å²) in [5, 5.41) is 6.21. The van der Waals surface area contributed by atoms with Crippen LogP contribution in [0.4, 0.5) is 0 Å². The Bertz CT molecular complexity index is 974. The number of carbonyl (C=O) groups excluding carboxylic acids is 3. The van der Waals surface area contributed by atoms with E-state index in [1.165, 1.54) is 25.7 Å². The van der Waals surface area contributed by atoms with Gasteiger partial charge in [0.25, 0.3) is 5.91 Å². The number of imide groups is 1. The second-order valence-corrected chi connectivity index (χ2v) is 10.9. The normalized spacial score (nSPS) is 31.1. The first-order chi connectivity index (χ1) is 17.5. The summed E-state index contributed by atoms with van der Waals surface area (Å²) in [7, 11) is 1.82. The monoisotopic (exact) mass is 497 g/mol. The Labute approximate surface area is 213 Å². The molecule has 4 aliphatic rings. The van der Waals surface area contributed by atoms with Gasteiger partial charge in [-0.2, -0.15) is 0 Å². The highest BCUT2D eigenvalue weighted by Gasteiger charge is 2.39. The molecule has 196 valence electrons. The largest absolute Gasteiger partial charge is 0.489 e. The van der Waals surface area contributed by atoms with Crippen molar-refractivity contribution in [3.8, 4) is 5.75 Å². The molecule has 2 aliphatic carbocycles. The second kappa shape index (κ2) is 11.3. The molecular formula is C28H39N3O5. The van der Waals surface area contributed by atoms with Crippen LogP contribution >= 0.6 is 0 Å². The molecule has 1 aromatic rings. The number of hydrogen-bond acceptors (Lipinski definition) is 6. The number of hydrogen-bond donors (Lipinski definition) is 2. The van der Waals surface area contributed by atoms with Crippen molar-refractivity contribution >= 4 is 17.7 Å². The number of nitrogens with one attached hydrogen (secondary N) is 2.